The molecule has 1 amide bonds. The summed E-state index contributed by atoms with van der Waals surface area (Å²) in [6.07, 6.45) is 3.23. The number of imidazole rings is 1. The van der Waals surface area contributed by atoms with Crippen molar-refractivity contribution in [1.29, 1.82) is 0 Å². The molecule has 3 aromatic heterocycles. The average molecular weight is 298 g/mol. The smallest absolute Gasteiger partial charge is 0.287 e. The molecule has 3 aromatic rings. The summed E-state index contributed by atoms with van der Waals surface area (Å²) in [7, 11) is 0. The van der Waals surface area contributed by atoms with Gasteiger partial charge in [0.25, 0.3) is 5.91 Å². The molecule has 0 spiro atoms. The summed E-state index contributed by atoms with van der Waals surface area (Å²) >= 11 is 0. The summed E-state index contributed by atoms with van der Waals surface area (Å²) in [6.45, 7) is 6.04. The minimum atomic E-state index is -0.257. The maximum atomic E-state index is 12.1. The fourth-order valence-corrected chi connectivity index (χ4v) is 2.50. The number of carbonyl (C=O) groups excluding carboxylic acids is 1. The lowest BCUT2D eigenvalue weighted by atomic mass is 10.2. The molecule has 0 aromatic carbocycles. The highest BCUT2D eigenvalue weighted by atomic mass is 16.3. The van der Waals surface area contributed by atoms with E-state index in [1.165, 1.54) is 6.26 Å². The Morgan fingerprint density at radius 3 is 2.77 bits per heavy atom. The van der Waals surface area contributed by atoms with Crippen molar-refractivity contribution in [2.45, 2.75) is 32.9 Å². The van der Waals surface area contributed by atoms with Gasteiger partial charge < -0.3 is 14.3 Å². The number of nitrogens with zero attached hydrogens (tertiary/aromatic N) is 3. The molecular weight excluding hydrogens is 280 g/mol. The van der Waals surface area contributed by atoms with Gasteiger partial charge in [-0.3, -0.25) is 4.79 Å². The summed E-state index contributed by atoms with van der Waals surface area (Å²) < 4.78 is 7.16. The predicted molar refractivity (Wildman–Crippen MR) is 82.5 cm³/mol. The van der Waals surface area contributed by atoms with Gasteiger partial charge in [-0.25, -0.2) is 9.97 Å². The molecule has 0 fully saturated rings. The van der Waals surface area contributed by atoms with E-state index in [4.69, 9.17) is 4.42 Å². The van der Waals surface area contributed by atoms with E-state index in [9.17, 15) is 4.79 Å². The average Bonchev–Trinajstić information content (AvgIpc) is 3.14. The molecule has 6 nitrogen and oxygen atoms in total. The van der Waals surface area contributed by atoms with Crippen molar-refractivity contribution < 1.29 is 9.21 Å². The van der Waals surface area contributed by atoms with Crippen molar-refractivity contribution in [1.82, 2.24) is 19.9 Å². The van der Waals surface area contributed by atoms with Crippen molar-refractivity contribution >= 4 is 17.1 Å². The zero-order chi connectivity index (χ0) is 15.7. The summed E-state index contributed by atoms with van der Waals surface area (Å²) in [5, 5.41) is 2.91. The second kappa shape index (κ2) is 5.63. The number of hydrogen-bond acceptors (Lipinski definition) is 4. The lowest BCUT2D eigenvalue weighted by molar-refractivity contribution is 0.0909. The van der Waals surface area contributed by atoms with Crippen LogP contribution in [0.15, 0.2) is 41.1 Å². The van der Waals surface area contributed by atoms with Crippen molar-refractivity contribution in [3.63, 3.8) is 0 Å². The van der Waals surface area contributed by atoms with E-state index < -0.39 is 0 Å². The number of nitrogens with one attached hydrogen (secondary N) is 1. The van der Waals surface area contributed by atoms with Crippen LogP contribution in [0, 0.1) is 0 Å². The molecule has 0 saturated carbocycles. The van der Waals surface area contributed by atoms with Gasteiger partial charge in [-0.15, -0.1) is 0 Å². The molecule has 22 heavy (non-hydrogen) atoms. The highest BCUT2D eigenvalue weighted by molar-refractivity contribution is 5.91. The molecule has 0 aliphatic carbocycles. The summed E-state index contributed by atoms with van der Waals surface area (Å²) in [5.74, 6) is 0.814. The molecule has 1 N–H and O–H groups in total. The molecule has 6 heteroatoms. The lowest BCUT2D eigenvalue weighted by Gasteiger charge is -2.17. The van der Waals surface area contributed by atoms with Crippen LogP contribution < -0.4 is 5.32 Å². The first kappa shape index (κ1) is 14.3. The van der Waals surface area contributed by atoms with Crippen LogP contribution in [-0.4, -0.2) is 20.4 Å². The number of rotatable bonds is 4. The second-order valence-corrected chi connectivity index (χ2v) is 5.45. The molecule has 0 aliphatic heterocycles. The predicted octanol–water partition coefficient (Wildman–Crippen LogP) is 3.10. The summed E-state index contributed by atoms with van der Waals surface area (Å²) in [4.78, 5) is 21.2. The van der Waals surface area contributed by atoms with Crippen molar-refractivity contribution in [3.8, 4) is 0 Å². The van der Waals surface area contributed by atoms with Crippen molar-refractivity contribution in [3.05, 3.63) is 48.3 Å². The van der Waals surface area contributed by atoms with E-state index in [1.54, 1.807) is 18.3 Å². The van der Waals surface area contributed by atoms with E-state index in [1.807, 2.05) is 23.6 Å². The molecule has 3 rings (SSSR count). The number of pyridine rings is 1. The topological polar surface area (TPSA) is 73.0 Å². The third kappa shape index (κ3) is 2.47. The summed E-state index contributed by atoms with van der Waals surface area (Å²) in [6, 6.07) is 7.04. The number of furan rings is 1. The Kier molecular flexibility index (Phi) is 3.66. The normalized spacial score (nSPS) is 12.7. The van der Waals surface area contributed by atoms with Gasteiger partial charge in [-0.2, -0.15) is 0 Å². The van der Waals surface area contributed by atoms with E-state index in [0.29, 0.717) is 0 Å². The van der Waals surface area contributed by atoms with Crippen LogP contribution in [0.3, 0.4) is 0 Å². The maximum absolute atomic E-state index is 12.1. The monoisotopic (exact) mass is 298 g/mol. The Labute approximate surface area is 128 Å². The number of aromatic nitrogens is 3. The fourth-order valence-electron chi connectivity index (χ4n) is 2.50. The summed E-state index contributed by atoms with van der Waals surface area (Å²) in [5.41, 5.74) is 1.65. The first-order valence-electron chi connectivity index (χ1n) is 7.25. The number of hydrogen-bond donors (Lipinski definition) is 1. The Morgan fingerprint density at radius 1 is 1.27 bits per heavy atom. The molecule has 114 valence electrons. The Bertz CT molecular complexity index is 790. The van der Waals surface area contributed by atoms with Gasteiger partial charge >= 0.3 is 0 Å². The largest absolute Gasteiger partial charge is 0.459 e. The third-order valence-electron chi connectivity index (χ3n) is 3.47. The Morgan fingerprint density at radius 2 is 2.09 bits per heavy atom. The third-order valence-corrected chi connectivity index (χ3v) is 3.47. The van der Waals surface area contributed by atoms with Crippen LogP contribution in [0.2, 0.25) is 0 Å². The second-order valence-electron chi connectivity index (χ2n) is 5.45. The molecule has 1 unspecified atom stereocenters. The molecule has 1 atom stereocenters. The van der Waals surface area contributed by atoms with Crippen LogP contribution in [-0.2, 0) is 0 Å². The molecule has 0 radical (unpaired) electrons. The van der Waals surface area contributed by atoms with Crippen molar-refractivity contribution in [2.24, 2.45) is 0 Å². The van der Waals surface area contributed by atoms with Crippen LogP contribution in [0.1, 0.15) is 49.2 Å². The van der Waals surface area contributed by atoms with E-state index >= 15 is 0 Å². The molecule has 3 heterocycles. The highest BCUT2D eigenvalue weighted by Crippen LogP contribution is 2.23. The SMILES string of the molecule is CC(NC(=O)c1ccco1)c1nc2cccnc2n1C(C)C. The van der Waals surface area contributed by atoms with E-state index in [2.05, 4.69) is 29.1 Å². The standard InChI is InChI=1S/C16H18N4O2/c1-10(2)20-14(19-12-6-4-8-17-15(12)20)11(3)18-16(21)13-7-5-9-22-13/h4-11H,1-3H3,(H,18,21). The zero-order valence-electron chi connectivity index (χ0n) is 12.8. The fraction of sp³-hybridized carbons (Fsp3) is 0.312. The molecule has 0 saturated heterocycles. The van der Waals surface area contributed by atoms with Crippen LogP contribution >= 0.6 is 0 Å². The Balaban J connectivity index is 1.95. The zero-order valence-corrected chi connectivity index (χ0v) is 12.8. The first-order valence-corrected chi connectivity index (χ1v) is 7.25. The quantitative estimate of drug-likeness (QED) is 0.803. The number of carbonyl (C=O) groups is 1. The van der Waals surface area contributed by atoms with Gasteiger partial charge in [0.15, 0.2) is 11.4 Å². The van der Waals surface area contributed by atoms with Gasteiger partial charge in [0.1, 0.15) is 11.3 Å². The molecule has 0 bridgehead atoms. The van der Waals surface area contributed by atoms with E-state index in [-0.39, 0.29) is 23.8 Å². The lowest BCUT2D eigenvalue weighted by Crippen LogP contribution is -2.28. The highest BCUT2D eigenvalue weighted by Gasteiger charge is 2.21. The maximum Gasteiger partial charge on any atom is 0.287 e. The van der Waals surface area contributed by atoms with Crippen molar-refractivity contribution in [2.75, 3.05) is 0 Å². The van der Waals surface area contributed by atoms with Gasteiger partial charge in [0, 0.05) is 12.2 Å². The minimum absolute atomic E-state index is 0.192. The van der Waals surface area contributed by atoms with Crippen LogP contribution in [0.4, 0.5) is 0 Å². The van der Waals surface area contributed by atoms with Gasteiger partial charge in [-0.05, 0) is 45.0 Å². The van der Waals surface area contributed by atoms with Crippen LogP contribution in [0.25, 0.3) is 11.2 Å². The Hall–Kier alpha value is -2.63. The van der Waals surface area contributed by atoms with Gasteiger partial charge in [-0.1, -0.05) is 0 Å². The number of amides is 1. The number of fused-ring (bicyclic) bond motifs is 1. The van der Waals surface area contributed by atoms with Gasteiger partial charge in [0.05, 0.1) is 12.3 Å². The van der Waals surface area contributed by atoms with E-state index in [0.717, 1.165) is 17.0 Å². The van der Waals surface area contributed by atoms with Gasteiger partial charge in [0.2, 0.25) is 0 Å². The minimum Gasteiger partial charge on any atom is -0.459 e. The molecular formula is C16H18N4O2. The first-order chi connectivity index (χ1) is 10.6. The van der Waals surface area contributed by atoms with Crippen LogP contribution in [0.5, 0.6) is 0 Å². The molecule has 0 aliphatic rings.